The average molecular weight is 350 g/mol. The molecule has 2 rings (SSSR count). The molecule has 0 radical (unpaired) electrons. The Bertz CT molecular complexity index is 573. The topological polar surface area (TPSA) is 12.0 Å². The van der Waals surface area contributed by atoms with Gasteiger partial charge in [-0.3, -0.25) is 0 Å². The Morgan fingerprint density at radius 1 is 1.10 bits per heavy atom. The minimum Gasteiger partial charge on any atom is -0.306 e. The molecule has 1 atom stereocenters. The summed E-state index contributed by atoms with van der Waals surface area (Å²) in [5, 5.41) is 3.54. The molecule has 0 amide bonds. The Hall–Kier alpha value is -1.19. The summed E-state index contributed by atoms with van der Waals surface area (Å²) in [5.41, 5.74) is 4.44. The highest BCUT2D eigenvalue weighted by Gasteiger charge is 2.18. The van der Waals surface area contributed by atoms with Gasteiger partial charge in [-0.1, -0.05) is 46.6 Å². The number of halogens is 2. The lowest BCUT2D eigenvalue weighted by Gasteiger charge is -2.23. The van der Waals surface area contributed by atoms with E-state index in [0.29, 0.717) is 0 Å². The minimum absolute atomic E-state index is 0.00470. The molecule has 0 saturated heterocycles. The van der Waals surface area contributed by atoms with E-state index >= 15 is 0 Å². The molecule has 0 fully saturated rings. The summed E-state index contributed by atoms with van der Waals surface area (Å²) in [6, 6.07) is 11.3. The lowest BCUT2D eigenvalue weighted by molar-refractivity contribution is 0.581. The molecule has 0 bridgehead atoms. The zero-order chi connectivity index (χ0) is 15.4. The van der Waals surface area contributed by atoms with Crippen molar-refractivity contribution in [3.63, 3.8) is 0 Å². The standard InChI is InChI=1S/C18H21BrFN/c1-4-9-21-18(15-11-14(20)7-6-13(15)3)16-10-12(2)5-8-17(16)19/h5-8,10-11,18,21H,4,9H2,1-3H3. The monoisotopic (exact) mass is 349 g/mol. The van der Waals surface area contributed by atoms with Crippen molar-refractivity contribution >= 4 is 15.9 Å². The molecule has 1 unspecified atom stereocenters. The fraction of sp³-hybridized carbons (Fsp3) is 0.333. The van der Waals surface area contributed by atoms with Crippen molar-refractivity contribution in [3.8, 4) is 0 Å². The minimum atomic E-state index is -0.192. The molecular formula is C18H21BrFN. The molecule has 0 aliphatic heterocycles. The number of benzene rings is 2. The van der Waals surface area contributed by atoms with Gasteiger partial charge in [0.15, 0.2) is 0 Å². The average Bonchev–Trinajstić information content (AvgIpc) is 2.46. The van der Waals surface area contributed by atoms with Gasteiger partial charge < -0.3 is 5.32 Å². The van der Waals surface area contributed by atoms with E-state index in [9.17, 15) is 4.39 Å². The van der Waals surface area contributed by atoms with Crippen LogP contribution in [0.2, 0.25) is 0 Å². The van der Waals surface area contributed by atoms with E-state index in [0.717, 1.165) is 34.1 Å². The van der Waals surface area contributed by atoms with Gasteiger partial charge in [-0.05, 0) is 61.7 Å². The fourth-order valence-electron chi connectivity index (χ4n) is 2.48. The van der Waals surface area contributed by atoms with Gasteiger partial charge in [0.25, 0.3) is 0 Å². The maximum Gasteiger partial charge on any atom is 0.123 e. The van der Waals surface area contributed by atoms with Gasteiger partial charge in [0.1, 0.15) is 5.82 Å². The van der Waals surface area contributed by atoms with Crippen molar-refractivity contribution in [3.05, 3.63) is 68.9 Å². The van der Waals surface area contributed by atoms with E-state index in [4.69, 9.17) is 0 Å². The molecule has 2 aromatic rings. The molecule has 1 nitrogen and oxygen atoms in total. The molecule has 0 heterocycles. The third-order valence-electron chi connectivity index (χ3n) is 3.61. The largest absolute Gasteiger partial charge is 0.306 e. The third kappa shape index (κ3) is 3.92. The first-order valence-electron chi connectivity index (χ1n) is 7.28. The van der Waals surface area contributed by atoms with E-state index in [1.165, 1.54) is 11.6 Å². The molecule has 3 heteroatoms. The molecule has 0 aliphatic carbocycles. The summed E-state index contributed by atoms with van der Waals surface area (Å²) in [5.74, 6) is -0.192. The summed E-state index contributed by atoms with van der Waals surface area (Å²) in [7, 11) is 0. The molecular weight excluding hydrogens is 329 g/mol. The molecule has 0 saturated carbocycles. The van der Waals surface area contributed by atoms with Gasteiger partial charge in [-0.2, -0.15) is 0 Å². The SMILES string of the molecule is CCCNC(c1cc(F)ccc1C)c1cc(C)ccc1Br. The van der Waals surface area contributed by atoms with E-state index in [2.05, 4.69) is 53.3 Å². The van der Waals surface area contributed by atoms with Crippen LogP contribution in [0, 0.1) is 19.7 Å². The zero-order valence-corrected chi connectivity index (χ0v) is 14.3. The summed E-state index contributed by atoms with van der Waals surface area (Å²) in [4.78, 5) is 0. The summed E-state index contributed by atoms with van der Waals surface area (Å²) >= 11 is 3.63. The number of hydrogen-bond acceptors (Lipinski definition) is 1. The van der Waals surface area contributed by atoms with Gasteiger partial charge in [0.05, 0.1) is 6.04 Å². The van der Waals surface area contributed by atoms with Crippen LogP contribution in [0.3, 0.4) is 0 Å². The van der Waals surface area contributed by atoms with Gasteiger partial charge in [-0.15, -0.1) is 0 Å². The van der Waals surface area contributed by atoms with Crippen LogP contribution < -0.4 is 5.32 Å². The van der Waals surface area contributed by atoms with Crippen LogP contribution in [-0.4, -0.2) is 6.54 Å². The second kappa shape index (κ2) is 7.19. The van der Waals surface area contributed by atoms with Gasteiger partial charge in [-0.25, -0.2) is 4.39 Å². The summed E-state index contributed by atoms with van der Waals surface area (Å²) in [6.07, 6.45) is 1.04. The van der Waals surface area contributed by atoms with Crippen LogP contribution in [-0.2, 0) is 0 Å². The highest BCUT2D eigenvalue weighted by molar-refractivity contribution is 9.10. The van der Waals surface area contributed by atoms with Crippen molar-refractivity contribution in [1.82, 2.24) is 5.32 Å². The van der Waals surface area contributed by atoms with Crippen molar-refractivity contribution in [2.75, 3.05) is 6.54 Å². The third-order valence-corrected chi connectivity index (χ3v) is 4.34. The van der Waals surface area contributed by atoms with Gasteiger partial charge >= 0.3 is 0 Å². The van der Waals surface area contributed by atoms with E-state index < -0.39 is 0 Å². The quantitative estimate of drug-likeness (QED) is 0.772. The Balaban J connectivity index is 2.52. The maximum atomic E-state index is 13.7. The van der Waals surface area contributed by atoms with Gasteiger partial charge in [0, 0.05) is 4.47 Å². The molecule has 112 valence electrons. The summed E-state index contributed by atoms with van der Waals surface area (Å²) < 4.78 is 14.7. The molecule has 2 aromatic carbocycles. The normalized spacial score (nSPS) is 12.4. The van der Waals surface area contributed by atoms with Crippen LogP contribution in [0.4, 0.5) is 4.39 Å². The van der Waals surface area contributed by atoms with Gasteiger partial charge in [0.2, 0.25) is 0 Å². The number of rotatable bonds is 5. The fourth-order valence-corrected chi connectivity index (χ4v) is 2.96. The van der Waals surface area contributed by atoms with E-state index in [1.54, 1.807) is 6.07 Å². The summed E-state index contributed by atoms with van der Waals surface area (Å²) in [6.45, 7) is 7.12. The molecule has 0 aliphatic rings. The van der Waals surface area contributed by atoms with Crippen LogP contribution in [0.5, 0.6) is 0 Å². The lowest BCUT2D eigenvalue weighted by Crippen LogP contribution is -2.24. The first-order chi connectivity index (χ1) is 10.0. The Kier molecular flexibility index (Phi) is 5.54. The second-order valence-corrected chi connectivity index (χ2v) is 6.27. The van der Waals surface area contributed by atoms with Crippen molar-refractivity contribution in [2.45, 2.75) is 33.2 Å². The molecule has 0 aromatic heterocycles. The highest BCUT2D eigenvalue weighted by Crippen LogP contribution is 2.31. The van der Waals surface area contributed by atoms with Crippen LogP contribution >= 0.6 is 15.9 Å². The first kappa shape index (κ1) is 16.2. The Morgan fingerprint density at radius 2 is 1.86 bits per heavy atom. The molecule has 21 heavy (non-hydrogen) atoms. The molecule has 0 spiro atoms. The first-order valence-corrected chi connectivity index (χ1v) is 8.07. The predicted octanol–water partition coefficient (Wildman–Crippen LogP) is 5.29. The molecule has 1 N–H and O–H groups in total. The van der Waals surface area contributed by atoms with E-state index in [-0.39, 0.29) is 11.9 Å². The van der Waals surface area contributed by atoms with Crippen LogP contribution in [0.25, 0.3) is 0 Å². The van der Waals surface area contributed by atoms with E-state index in [1.807, 2.05) is 13.0 Å². The van der Waals surface area contributed by atoms with Crippen molar-refractivity contribution < 1.29 is 4.39 Å². The Morgan fingerprint density at radius 3 is 2.57 bits per heavy atom. The van der Waals surface area contributed by atoms with Crippen molar-refractivity contribution in [2.24, 2.45) is 0 Å². The maximum absolute atomic E-state index is 13.7. The highest BCUT2D eigenvalue weighted by atomic mass is 79.9. The van der Waals surface area contributed by atoms with Crippen molar-refractivity contribution in [1.29, 1.82) is 0 Å². The number of nitrogens with one attached hydrogen (secondary N) is 1. The van der Waals surface area contributed by atoms with Crippen LogP contribution in [0.1, 0.15) is 41.6 Å². The smallest absolute Gasteiger partial charge is 0.123 e. The number of hydrogen-bond donors (Lipinski definition) is 1. The number of aryl methyl sites for hydroxylation is 2. The van der Waals surface area contributed by atoms with Crippen LogP contribution in [0.15, 0.2) is 40.9 Å². The second-order valence-electron chi connectivity index (χ2n) is 5.41. The Labute approximate surface area is 134 Å². The predicted molar refractivity (Wildman–Crippen MR) is 90.2 cm³/mol. The zero-order valence-electron chi connectivity index (χ0n) is 12.7. The lowest BCUT2D eigenvalue weighted by atomic mass is 9.94.